The monoisotopic (exact) mass is 343 g/mol. The number of para-hydroxylation sites is 1. The maximum Gasteiger partial charge on any atom is 0.573 e. The van der Waals surface area contributed by atoms with Gasteiger partial charge in [-0.05, 0) is 29.8 Å². The Bertz CT molecular complexity index is 686. The maximum atomic E-state index is 13.3. The summed E-state index contributed by atoms with van der Waals surface area (Å²) in [5, 5.41) is 2.51. The van der Waals surface area contributed by atoms with E-state index in [9.17, 15) is 22.4 Å². The summed E-state index contributed by atoms with van der Waals surface area (Å²) < 4.78 is 58.2. The molecular formula is C16H13F4NO3. The van der Waals surface area contributed by atoms with E-state index in [4.69, 9.17) is 4.74 Å². The van der Waals surface area contributed by atoms with Crippen molar-refractivity contribution in [3.05, 3.63) is 59.9 Å². The predicted molar refractivity (Wildman–Crippen MR) is 76.9 cm³/mol. The third-order valence-corrected chi connectivity index (χ3v) is 2.84. The molecule has 0 spiro atoms. The van der Waals surface area contributed by atoms with E-state index in [2.05, 4.69) is 10.1 Å². The summed E-state index contributed by atoms with van der Waals surface area (Å²) in [5.41, 5.74) is 0.573. The Morgan fingerprint density at radius 2 is 1.71 bits per heavy atom. The summed E-state index contributed by atoms with van der Waals surface area (Å²) in [6.07, 6.45) is -4.75. The summed E-state index contributed by atoms with van der Waals surface area (Å²) in [6.45, 7) is -0.290. The molecule has 0 unspecified atom stereocenters. The van der Waals surface area contributed by atoms with E-state index < -0.39 is 18.1 Å². The molecule has 2 rings (SSSR count). The molecule has 0 aliphatic carbocycles. The molecule has 1 amide bonds. The van der Waals surface area contributed by atoms with Crippen molar-refractivity contribution in [2.45, 2.75) is 12.9 Å². The number of nitrogens with one attached hydrogen (secondary N) is 1. The fourth-order valence-electron chi connectivity index (χ4n) is 1.77. The van der Waals surface area contributed by atoms with E-state index in [1.807, 2.05) is 0 Å². The van der Waals surface area contributed by atoms with Gasteiger partial charge in [-0.2, -0.15) is 0 Å². The van der Waals surface area contributed by atoms with Crippen LogP contribution < -0.4 is 14.8 Å². The molecule has 0 saturated heterocycles. The lowest BCUT2D eigenvalue weighted by atomic mass is 10.2. The Kier molecular flexibility index (Phi) is 5.62. The van der Waals surface area contributed by atoms with Crippen LogP contribution in [0.5, 0.6) is 11.5 Å². The van der Waals surface area contributed by atoms with Crippen molar-refractivity contribution in [3.63, 3.8) is 0 Å². The Hall–Kier alpha value is -2.77. The third kappa shape index (κ3) is 5.79. The molecule has 0 aliphatic heterocycles. The van der Waals surface area contributed by atoms with Gasteiger partial charge in [-0.15, -0.1) is 13.2 Å². The van der Waals surface area contributed by atoms with E-state index in [0.717, 1.165) is 12.1 Å². The molecule has 0 aliphatic rings. The van der Waals surface area contributed by atoms with Gasteiger partial charge in [0, 0.05) is 6.54 Å². The van der Waals surface area contributed by atoms with E-state index in [1.54, 1.807) is 6.07 Å². The number of benzene rings is 2. The SMILES string of the molecule is O=C(COc1ccccc1F)NCc1ccc(OC(F)(F)F)cc1. The number of carbonyl (C=O) groups excluding carboxylic acids is 1. The van der Waals surface area contributed by atoms with Gasteiger partial charge < -0.3 is 14.8 Å². The van der Waals surface area contributed by atoms with Crippen molar-refractivity contribution in [2.75, 3.05) is 6.61 Å². The van der Waals surface area contributed by atoms with Crippen molar-refractivity contribution in [3.8, 4) is 11.5 Å². The summed E-state index contributed by atoms with van der Waals surface area (Å²) in [5.74, 6) is -1.46. The van der Waals surface area contributed by atoms with E-state index in [1.165, 1.54) is 30.3 Å². The summed E-state index contributed by atoms with van der Waals surface area (Å²) >= 11 is 0. The zero-order valence-electron chi connectivity index (χ0n) is 12.3. The number of rotatable bonds is 6. The van der Waals surface area contributed by atoms with Crippen molar-refractivity contribution in [1.82, 2.24) is 5.32 Å². The molecule has 128 valence electrons. The van der Waals surface area contributed by atoms with Gasteiger partial charge in [0.15, 0.2) is 18.2 Å². The molecule has 8 heteroatoms. The van der Waals surface area contributed by atoms with E-state index in [0.29, 0.717) is 5.56 Å². The van der Waals surface area contributed by atoms with Gasteiger partial charge >= 0.3 is 6.36 Å². The summed E-state index contributed by atoms with van der Waals surface area (Å²) in [7, 11) is 0. The number of hydrogen-bond donors (Lipinski definition) is 1. The van der Waals surface area contributed by atoms with Crippen molar-refractivity contribution >= 4 is 5.91 Å². The second-order valence-electron chi connectivity index (χ2n) is 4.69. The molecule has 4 nitrogen and oxygen atoms in total. The minimum absolute atomic E-state index is 0.0405. The van der Waals surface area contributed by atoms with Crippen LogP contribution in [0, 0.1) is 5.82 Å². The van der Waals surface area contributed by atoms with E-state index >= 15 is 0 Å². The standard InChI is InChI=1S/C16H13F4NO3/c17-13-3-1-2-4-14(13)23-10-15(22)21-9-11-5-7-12(8-6-11)24-16(18,19)20/h1-8H,9-10H2,(H,21,22). The molecule has 2 aromatic rings. The van der Waals surface area contributed by atoms with Crippen LogP contribution in [0.25, 0.3) is 0 Å². The lowest BCUT2D eigenvalue weighted by Crippen LogP contribution is -2.28. The third-order valence-electron chi connectivity index (χ3n) is 2.84. The highest BCUT2D eigenvalue weighted by molar-refractivity contribution is 5.77. The molecule has 0 atom stereocenters. The quantitative estimate of drug-likeness (QED) is 0.818. The second-order valence-corrected chi connectivity index (χ2v) is 4.69. The summed E-state index contributed by atoms with van der Waals surface area (Å²) in [6, 6.07) is 10.7. The normalized spacial score (nSPS) is 11.0. The number of halogens is 4. The van der Waals surface area contributed by atoms with Crippen LogP contribution in [-0.4, -0.2) is 18.9 Å². The van der Waals surface area contributed by atoms with Crippen LogP contribution in [0.3, 0.4) is 0 Å². The lowest BCUT2D eigenvalue weighted by Gasteiger charge is -2.10. The minimum atomic E-state index is -4.75. The minimum Gasteiger partial charge on any atom is -0.481 e. The number of alkyl halides is 3. The molecule has 0 saturated carbocycles. The average molecular weight is 343 g/mol. The highest BCUT2D eigenvalue weighted by atomic mass is 19.4. The van der Waals surface area contributed by atoms with Crippen molar-refractivity contribution in [1.29, 1.82) is 0 Å². The Morgan fingerprint density at radius 1 is 1.04 bits per heavy atom. The molecule has 0 fully saturated rings. The fraction of sp³-hybridized carbons (Fsp3) is 0.188. The second kappa shape index (κ2) is 7.67. The highest BCUT2D eigenvalue weighted by Gasteiger charge is 2.30. The molecule has 0 aromatic heterocycles. The Labute approximate surface area is 135 Å². The summed E-state index contributed by atoms with van der Waals surface area (Å²) in [4.78, 5) is 11.6. The molecule has 0 heterocycles. The van der Waals surface area contributed by atoms with E-state index in [-0.39, 0.29) is 24.7 Å². The van der Waals surface area contributed by atoms with Gasteiger partial charge in [-0.25, -0.2) is 4.39 Å². The fourth-order valence-corrected chi connectivity index (χ4v) is 1.77. The molecular weight excluding hydrogens is 330 g/mol. The lowest BCUT2D eigenvalue weighted by molar-refractivity contribution is -0.274. The first-order valence-corrected chi connectivity index (χ1v) is 6.82. The molecule has 1 N–H and O–H groups in total. The van der Waals surface area contributed by atoms with Gasteiger partial charge in [0.2, 0.25) is 0 Å². The number of amides is 1. The van der Waals surface area contributed by atoms with Gasteiger partial charge in [0.1, 0.15) is 5.75 Å². The van der Waals surface area contributed by atoms with Gasteiger partial charge in [-0.1, -0.05) is 24.3 Å². The first kappa shape index (κ1) is 17.6. The first-order valence-electron chi connectivity index (χ1n) is 6.82. The largest absolute Gasteiger partial charge is 0.573 e. The van der Waals surface area contributed by atoms with Crippen LogP contribution >= 0.6 is 0 Å². The van der Waals surface area contributed by atoms with Gasteiger partial charge in [0.25, 0.3) is 5.91 Å². The number of hydrogen-bond acceptors (Lipinski definition) is 3. The zero-order valence-corrected chi connectivity index (χ0v) is 12.3. The smallest absolute Gasteiger partial charge is 0.481 e. The highest BCUT2D eigenvalue weighted by Crippen LogP contribution is 2.22. The molecule has 2 aromatic carbocycles. The first-order chi connectivity index (χ1) is 11.3. The van der Waals surface area contributed by atoms with Crippen LogP contribution in [0.1, 0.15) is 5.56 Å². The topological polar surface area (TPSA) is 47.6 Å². The molecule has 24 heavy (non-hydrogen) atoms. The van der Waals surface area contributed by atoms with Crippen molar-refractivity contribution in [2.24, 2.45) is 0 Å². The predicted octanol–water partition coefficient (Wildman–Crippen LogP) is 3.42. The van der Waals surface area contributed by atoms with Crippen molar-refractivity contribution < 1.29 is 31.8 Å². The van der Waals surface area contributed by atoms with Crippen LogP contribution in [0.2, 0.25) is 0 Å². The van der Waals surface area contributed by atoms with Gasteiger partial charge in [0.05, 0.1) is 0 Å². The molecule has 0 radical (unpaired) electrons. The van der Waals surface area contributed by atoms with Gasteiger partial charge in [-0.3, -0.25) is 4.79 Å². The van der Waals surface area contributed by atoms with Crippen LogP contribution in [0.15, 0.2) is 48.5 Å². The zero-order chi connectivity index (χ0) is 17.6. The average Bonchev–Trinajstić information content (AvgIpc) is 2.52. The number of ether oxygens (including phenoxy) is 2. The Morgan fingerprint density at radius 3 is 2.33 bits per heavy atom. The maximum absolute atomic E-state index is 13.3. The van der Waals surface area contributed by atoms with Crippen LogP contribution in [0.4, 0.5) is 17.6 Å². The Balaban J connectivity index is 1.78. The van der Waals surface area contributed by atoms with Crippen LogP contribution in [-0.2, 0) is 11.3 Å². The molecule has 0 bridgehead atoms. The number of carbonyl (C=O) groups is 1.